The molecule has 16 nitrogen and oxygen atoms in total. The molecule has 2 aliphatic rings. The average molecular weight is 994 g/mol. The first-order valence-corrected chi connectivity index (χ1v) is 24.4. The fraction of sp³-hybridized carbons (Fsp3) is 0.136. The number of pyridine rings is 2. The number of benzene rings is 4. The zero-order valence-electron chi connectivity index (χ0n) is 41.1. The molecule has 3 amide bonds. The van der Waals surface area contributed by atoms with E-state index < -0.39 is 5.91 Å². The molecule has 0 bridgehead atoms. The SMILES string of the molecule is C=CC(=O)Nc1ccc(-c2c(-c3ccc(Oc4nccc(C)n4)cc3)c(C(N)=O)c3n2CC(C2Cc4cnc(N)c5c(-c6ccc(Oc7cccc(C)n7)cc6)c(-c6ccc(NC(=O)C=C)cc6)n(c45)C2)CN3)cc1. The summed E-state index contributed by atoms with van der Waals surface area (Å²) in [6, 6.07) is 38.3. The lowest BCUT2D eigenvalue weighted by atomic mass is 9.83. The Balaban J connectivity index is 1.00. The molecule has 2 atom stereocenters. The van der Waals surface area contributed by atoms with Gasteiger partial charge in [-0.05, 0) is 133 Å². The molecule has 4 aromatic carbocycles. The zero-order chi connectivity index (χ0) is 51.9. The van der Waals surface area contributed by atoms with Crippen molar-refractivity contribution >= 4 is 51.6 Å². The molecular weight excluding hydrogens is 943 g/mol. The Morgan fingerprint density at radius 2 is 1.25 bits per heavy atom. The number of nitrogens with two attached hydrogens (primary N) is 2. The Kier molecular flexibility index (Phi) is 12.4. The summed E-state index contributed by atoms with van der Waals surface area (Å²) < 4.78 is 16.7. The van der Waals surface area contributed by atoms with Crippen molar-refractivity contribution in [1.29, 1.82) is 0 Å². The highest BCUT2D eigenvalue weighted by Gasteiger charge is 2.38. The molecule has 0 saturated carbocycles. The number of rotatable bonds is 14. The van der Waals surface area contributed by atoms with Crippen LogP contribution in [-0.2, 0) is 29.1 Å². The molecule has 9 aromatic rings. The van der Waals surface area contributed by atoms with Crippen molar-refractivity contribution in [3.05, 3.63) is 182 Å². The summed E-state index contributed by atoms with van der Waals surface area (Å²) >= 11 is 0. The smallest absolute Gasteiger partial charge is 0.322 e. The molecule has 0 aliphatic carbocycles. The molecule has 5 aromatic heterocycles. The fourth-order valence-corrected chi connectivity index (χ4v) is 10.4. The Bertz CT molecular complexity index is 3730. The molecule has 2 unspecified atom stereocenters. The van der Waals surface area contributed by atoms with E-state index in [9.17, 15) is 14.4 Å². The van der Waals surface area contributed by atoms with Gasteiger partial charge in [0, 0.05) is 72.0 Å². The van der Waals surface area contributed by atoms with Crippen molar-refractivity contribution in [2.45, 2.75) is 33.4 Å². The van der Waals surface area contributed by atoms with Gasteiger partial charge in [-0.15, -0.1) is 0 Å². The number of fused-ring (bicyclic) bond motifs is 1. The lowest BCUT2D eigenvalue weighted by Crippen LogP contribution is -2.37. The van der Waals surface area contributed by atoms with Crippen LogP contribution in [0.4, 0.5) is 23.0 Å². The van der Waals surface area contributed by atoms with Gasteiger partial charge in [0.05, 0.1) is 27.9 Å². The predicted molar refractivity (Wildman–Crippen MR) is 292 cm³/mol. The van der Waals surface area contributed by atoms with Gasteiger partial charge in [0.15, 0.2) is 0 Å². The molecule has 0 radical (unpaired) electrons. The second kappa shape index (κ2) is 19.6. The van der Waals surface area contributed by atoms with Crippen molar-refractivity contribution in [1.82, 2.24) is 29.1 Å². The van der Waals surface area contributed by atoms with E-state index in [0.717, 1.165) is 67.1 Å². The molecule has 7 N–H and O–H groups in total. The van der Waals surface area contributed by atoms with Crippen molar-refractivity contribution < 1.29 is 23.9 Å². The number of carbonyl (C=O) groups excluding carboxylic acids is 3. The van der Waals surface area contributed by atoms with E-state index in [4.69, 9.17) is 25.9 Å². The Labute approximate surface area is 431 Å². The van der Waals surface area contributed by atoms with Crippen LogP contribution in [-0.4, -0.2) is 53.3 Å². The number of amides is 3. The van der Waals surface area contributed by atoms with Crippen molar-refractivity contribution in [3.8, 4) is 68.2 Å². The molecular formula is C59H51N11O5. The Morgan fingerprint density at radius 3 is 1.85 bits per heavy atom. The Morgan fingerprint density at radius 1 is 0.680 bits per heavy atom. The number of aryl methyl sites for hydroxylation is 2. The second-order valence-electron chi connectivity index (χ2n) is 18.6. The maximum atomic E-state index is 13.8. The number of ether oxygens (including phenoxy) is 2. The molecule has 0 spiro atoms. The first kappa shape index (κ1) is 47.5. The fourth-order valence-electron chi connectivity index (χ4n) is 10.4. The maximum Gasteiger partial charge on any atom is 0.322 e. The summed E-state index contributed by atoms with van der Waals surface area (Å²) in [5.41, 5.74) is 25.2. The molecule has 372 valence electrons. The van der Waals surface area contributed by atoms with Gasteiger partial charge < -0.3 is 46.0 Å². The van der Waals surface area contributed by atoms with Gasteiger partial charge in [-0.3, -0.25) is 14.4 Å². The maximum absolute atomic E-state index is 13.8. The Hall–Kier alpha value is -9.83. The van der Waals surface area contributed by atoms with Crippen LogP contribution in [0.5, 0.6) is 23.4 Å². The highest BCUT2D eigenvalue weighted by Crippen LogP contribution is 2.50. The summed E-state index contributed by atoms with van der Waals surface area (Å²) in [6.45, 7) is 12.7. The number of anilines is 4. The lowest BCUT2D eigenvalue weighted by molar-refractivity contribution is -0.112. The van der Waals surface area contributed by atoms with Gasteiger partial charge in [0.2, 0.25) is 17.7 Å². The third-order valence-corrected chi connectivity index (χ3v) is 13.8. The van der Waals surface area contributed by atoms with Gasteiger partial charge in [-0.2, -0.15) is 0 Å². The van der Waals surface area contributed by atoms with Crippen LogP contribution in [0.2, 0.25) is 0 Å². The molecule has 7 heterocycles. The third kappa shape index (κ3) is 9.20. The first-order valence-electron chi connectivity index (χ1n) is 24.4. The lowest BCUT2D eigenvalue weighted by Gasteiger charge is -2.36. The van der Waals surface area contributed by atoms with Crippen LogP contribution < -0.4 is 36.9 Å². The van der Waals surface area contributed by atoms with Crippen LogP contribution in [0.25, 0.3) is 55.7 Å². The van der Waals surface area contributed by atoms with E-state index in [1.807, 2.05) is 135 Å². The van der Waals surface area contributed by atoms with Crippen LogP contribution >= 0.6 is 0 Å². The van der Waals surface area contributed by atoms with E-state index in [0.29, 0.717) is 77.6 Å². The van der Waals surface area contributed by atoms with E-state index in [1.165, 1.54) is 12.2 Å². The summed E-state index contributed by atoms with van der Waals surface area (Å²) in [5.74, 6) is 1.53. The summed E-state index contributed by atoms with van der Waals surface area (Å²) in [5, 5.41) is 10.3. The third-order valence-electron chi connectivity index (χ3n) is 13.8. The molecule has 11 rings (SSSR count). The zero-order valence-corrected chi connectivity index (χ0v) is 41.1. The second-order valence-corrected chi connectivity index (χ2v) is 18.6. The monoisotopic (exact) mass is 993 g/mol. The summed E-state index contributed by atoms with van der Waals surface area (Å²) in [4.78, 5) is 56.5. The quantitative estimate of drug-likeness (QED) is 0.0645. The summed E-state index contributed by atoms with van der Waals surface area (Å²) in [7, 11) is 0. The molecule has 2 aliphatic heterocycles. The molecule has 75 heavy (non-hydrogen) atoms. The number of hydrogen-bond acceptors (Lipinski definition) is 11. The number of nitrogens with one attached hydrogen (secondary N) is 3. The standard InChI is InChI=1S/C59H51N11O5/c1-5-46(71)67-42-18-10-37(11-19-42)53-49(35-14-22-44(23-15-35)74-48-9-7-8-33(3)65-48)51-55-39(29-63-56(51)60)28-40(31-69(53)55)41-30-64-58-52(57(61)73)50(36-16-24-45(25-17-36)75-59-62-27-26-34(4)66-59)54(70(58)32-41)38-12-20-43(21-13-38)68-47(72)6-2/h5-27,29,40-41,64H,1-2,28,30-32H2,3-4H3,(H2,60,63)(H2,61,73)(H,67,71)(H,68,72). The number of hydrogen-bond donors (Lipinski definition) is 5. The minimum absolute atomic E-state index is 0.0242. The normalized spacial score (nSPS) is 14.5. The van der Waals surface area contributed by atoms with Crippen LogP contribution in [0.15, 0.2) is 159 Å². The highest BCUT2D eigenvalue weighted by molar-refractivity contribution is 6.11. The van der Waals surface area contributed by atoms with Crippen molar-refractivity contribution in [2.75, 3.05) is 28.2 Å². The van der Waals surface area contributed by atoms with Crippen LogP contribution in [0, 0.1) is 25.7 Å². The van der Waals surface area contributed by atoms with E-state index in [-0.39, 0.29) is 29.7 Å². The molecule has 0 fully saturated rings. The van der Waals surface area contributed by atoms with Crippen LogP contribution in [0.1, 0.15) is 27.3 Å². The van der Waals surface area contributed by atoms with Gasteiger partial charge in [0.25, 0.3) is 5.91 Å². The first-order chi connectivity index (χ1) is 36.4. The van der Waals surface area contributed by atoms with Gasteiger partial charge in [-0.1, -0.05) is 67.8 Å². The number of carbonyl (C=O) groups is 3. The average Bonchev–Trinajstić information content (AvgIpc) is 3.95. The van der Waals surface area contributed by atoms with Gasteiger partial charge in [-0.25, -0.2) is 19.9 Å². The molecule has 0 saturated heterocycles. The minimum atomic E-state index is -0.585. The largest absolute Gasteiger partial charge is 0.439 e. The minimum Gasteiger partial charge on any atom is -0.439 e. The topological polar surface area (TPSA) is 219 Å². The van der Waals surface area contributed by atoms with Crippen molar-refractivity contribution in [2.24, 2.45) is 17.6 Å². The van der Waals surface area contributed by atoms with Crippen molar-refractivity contribution in [3.63, 3.8) is 0 Å². The number of nitrogens with zero attached hydrogens (tertiary/aromatic N) is 6. The van der Waals surface area contributed by atoms with E-state index >= 15 is 0 Å². The highest BCUT2D eigenvalue weighted by atomic mass is 16.5. The van der Waals surface area contributed by atoms with Crippen LogP contribution in [0.3, 0.4) is 0 Å². The van der Waals surface area contributed by atoms with E-state index in [2.05, 4.69) is 53.2 Å². The van der Waals surface area contributed by atoms with E-state index in [1.54, 1.807) is 12.3 Å². The number of nitrogen functional groups attached to an aromatic ring is 1. The number of aromatic nitrogens is 6. The summed E-state index contributed by atoms with van der Waals surface area (Å²) in [6.07, 6.45) is 6.69. The number of primary amides is 1. The molecule has 16 heteroatoms. The van der Waals surface area contributed by atoms with Gasteiger partial charge in [0.1, 0.15) is 23.1 Å². The van der Waals surface area contributed by atoms with Gasteiger partial charge >= 0.3 is 6.01 Å². The predicted octanol–water partition coefficient (Wildman–Crippen LogP) is 10.7.